The summed E-state index contributed by atoms with van der Waals surface area (Å²) < 4.78 is 4.75. The van der Waals surface area contributed by atoms with Gasteiger partial charge in [0.15, 0.2) is 0 Å². The highest BCUT2D eigenvalue weighted by Crippen LogP contribution is 2.26. The van der Waals surface area contributed by atoms with E-state index in [4.69, 9.17) is 9.52 Å². The van der Waals surface area contributed by atoms with Gasteiger partial charge in [-0.15, -0.1) is 0 Å². The highest BCUT2D eigenvalue weighted by Gasteiger charge is 2.15. The van der Waals surface area contributed by atoms with E-state index in [-0.39, 0.29) is 11.4 Å². The van der Waals surface area contributed by atoms with Gasteiger partial charge in [0.25, 0.3) is 5.95 Å². The predicted octanol–water partition coefficient (Wildman–Crippen LogP) is 2.28. The minimum Gasteiger partial charge on any atom is -0.481 e. The molecule has 1 rings (SSSR count). The summed E-state index contributed by atoms with van der Waals surface area (Å²) in [7, 11) is 0. The molecular weight excluding hydrogens is 128 g/mol. The molecule has 2 heteroatoms. The van der Waals surface area contributed by atoms with Gasteiger partial charge in [-0.2, -0.15) is 0 Å². The zero-order valence-corrected chi connectivity index (χ0v) is 6.51. The molecule has 10 heavy (non-hydrogen) atoms. The summed E-state index contributed by atoms with van der Waals surface area (Å²) in [5.74, 6) is -0.00933. The molecule has 1 aromatic heterocycles. The first-order valence-electron chi connectivity index (χ1n) is 3.28. The minimum absolute atomic E-state index is 0.00933. The van der Waals surface area contributed by atoms with Crippen molar-refractivity contribution in [3.8, 4) is 5.95 Å². The maximum absolute atomic E-state index is 8.85. The lowest BCUT2D eigenvalue weighted by Crippen LogP contribution is -2.08. The van der Waals surface area contributed by atoms with Crippen LogP contribution in [0.15, 0.2) is 16.7 Å². The van der Waals surface area contributed by atoms with Crippen molar-refractivity contribution in [1.82, 2.24) is 0 Å². The van der Waals surface area contributed by atoms with Crippen LogP contribution in [0.3, 0.4) is 0 Å². The summed E-state index contributed by atoms with van der Waals surface area (Å²) in [6.45, 7) is 6.20. The van der Waals surface area contributed by atoms with Gasteiger partial charge in [-0.1, -0.05) is 20.8 Å². The topological polar surface area (TPSA) is 33.4 Å². The second-order valence-corrected chi connectivity index (χ2v) is 3.42. The molecule has 0 amide bonds. The van der Waals surface area contributed by atoms with Crippen molar-refractivity contribution in [2.45, 2.75) is 26.2 Å². The Balaban J connectivity index is 2.96. The highest BCUT2D eigenvalue weighted by molar-refractivity contribution is 5.22. The van der Waals surface area contributed by atoms with E-state index in [0.29, 0.717) is 0 Å². The van der Waals surface area contributed by atoms with Crippen molar-refractivity contribution in [3.63, 3.8) is 0 Å². The number of aromatic hydroxyl groups is 1. The molecule has 0 aliphatic heterocycles. The van der Waals surface area contributed by atoms with Gasteiger partial charge in [0.05, 0.1) is 6.26 Å². The fraction of sp³-hybridized carbons (Fsp3) is 0.500. The largest absolute Gasteiger partial charge is 0.481 e. The van der Waals surface area contributed by atoms with Crippen LogP contribution in [-0.2, 0) is 5.41 Å². The van der Waals surface area contributed by atoms with Gasteiger partial charge >= 0.3 is 0 Å². The molecule has 1 N–H and O–H groups in total. The van der Waals surface area contributed by atoms with E-state index in [9.17, 15) is 0 Å². The summed E-state index contributed by atoms with van der Waals surface area (Å²) in [5, 5.41) is 8.85. The molecule has 0 saturated carbocycles. The minimum atomic E-state index is -0.00933. The van der Waals surface area contributed by atoms with Gasteiger partial charge in [0, 0.05) is 6.07 Å². The van der Waals surface area contributed by atoms with Crippen LogP contribution in [0.4, 0.5) is 0 Å². The fourth-order valence-corrected chi connectivity index (χ4v) is 0.718. The van der Waals surface area contributed by atoms with Crippen LogP contribution >= 0.6 is 0 Å². The molecule has 2 nitrogen and oxygen atoms in total. The van der Waals surface area contributed by atoms with Crippen molar-refractivity contribution < 1.29 is 9.52 Å². The highest BCUT2D eigenvalue weighted by atomic mass is 16.5. The maximum atomic E-state index is 8.85. The number of rotatable bonds is 0. The van der Waals surface area contributed by atoms with Gasteiger partial charge in [0.2, 0.25) is 0 Å². The number of hydrogen-bond acceptors (Lipinski definition) is 2. The third kappa shape index (κ3) is 1.32. The van der Waals surface area contributed by atoms with Crippen LogP contribution in [0.25, 0.3) is 0 Å². The predicted molar refractivity (Wildman–Crippen MR) is 39.1 cm³/mol. The van der Waals surface area contributed by atoms with Crippen LogP contribution < -0.4 is 0 Å². The molecule has 0 aromatic carbocycles. The molecule has 1 heterocycles. The van der Waals surface area contributed by atoms with Crippen LogP contribution in [0.5, 0.6) is 5.95 Å². The fourth-order valence-electron chi connectivity index (χ4n) is 0.718. The third-order valence-electron chi connectivity index (χ3n) is 1.45. The van der Waals surface area contributed by atoms with Crippen molar-refractivity contribution in [2.24, 2.45) is 0 Å². The second-order valence-electron chi connectivity index (χ2n) is 3.42. The van der Waals surface area contributed by atoms with Crippen LogP contribution in [-0.4, -0.2) is 5.11 Å². The molecule has 0 aliphatic rings. The first-order chi connectivity index (χ1) is 4.50. The summed E-state index contributed by atoms with van der Waals surface area (Å²) in [4.78, 5) is 0. The molecular formula is C8H12O2. The Morgan fingerprint density at radius 1 is 1.40 bits per heavy atom. The van der Waals surface area contributed by atoms with E-state index in [1.807, 2.05) is 0 Å². The maximum Gasteiger partial charge on any atom is 0.281 e. The lowest BCUT2D eigenvalue weighted by atomic mass is 9.89. The number of furan rings is 1. The van der Waals surface area contributed by atoms with E-state index in [0.717, 1.165) is 5.56 Å². The molecule has 1 aromatic rings. The Labute approximate surface area is 60.5 Å². The Hall–Kier alpha value is -0.920. The van der Waals surface area contributed by atoms with E-state index < -0.39 is 0 Å². The Morgan fingerprint density at radius 2 is 2.00 bits per heavy atom. The first-order valence-corrected chi connectivity index (χ1v) is 3.28. The van der Waals surface area contributed by atoms with Crippen molar-refractivity contribution >= 4 is 0 Å². The van der Waals surface area contributed by atoms with E-state index in [2.05, 4.69) is 20.8 Å². The average molecular weight is 140 g/mol. The monoisotopic (exact) mass is 140 g/mol. The van der Waals surface area contributed by atoms with Gasteiger partial charge in [0.1, 0.15) is 0 Å². The zero-order chi connectivity index (χ0) is 7.78. The van der Waals surface area contributed by atoms with E-state index >= 15 is 0 Å². The van der Waals surface area contributed by atoms with Crippen LogP contribution in [0.1, 0.15) is 26.3 Å². The molecule has 0 atom stereocenters. The molecule has 0 bridgehead atoms. The second kappa shape index (κ2) is 2.04. The molecule has 0 aliphatic carbocycles. The molecule has 0 fully saturated rings. The van der Waals surface area contributed by atoms with Crippen LogP contribution in [0, 0.1) is 0 Å². The molecule has 0 unspecified atom stereocenters. The summed E-state index contributed by atoms with van der Waals surface area (Å²) in [5.41, 5.74) is 1.08. The van der Waals surface area contributed by atoms with Gasteiger partial charge in [-0.05, 0) is 11.0 Å². The Morgan fingerprint density at radius 3 is 2.20 bits per heavy atom. The molecule has 0 radical (unpaired) electrons. The van der Waals surface area contributed by atoms with E-state index in [1.165, 1.54) is 0 Å². The first kappa shape index (κ1) is 7.19. The lowest BCUT2D eigenvalue weighted by Gasteiger charge is -2.14. The standard InChI is InChI=1S/C8H12O2/c1-8(2,3)6-4-7(9)10-5-6/h4-5,9H,1-3H3. The Kier molecular flexibility index (Phi) is 1.47. The lowest BCUT2D eigenvalue weighted by molar-refractivity contribution is 0.332. The number of hydrogen-bond donors (Lipinski definition) is 1. The van der Waals surface area contributed by atoms with Gasteiger partial charge in [-0.3, -0.25) is 0 Å². The summed E-state index contributed by atoms with van der Waals surface area (Å²) in [6, 6.07) is 1.64. The average Bonchev–Trinajstić information content (AvgIpc) is 2.11. The van der Waals surface area contributed by atoms with Crippen molar-refractivity contribution in [1.29, 1.82) is 0 Å². The van der Waals surface area contributed by atoms with Gasteiger partial charge in [-0.25, -0.2) is 0 Å². The zero-order valence-electron chi connectivity index (χ0n) is 6.51. The smallest absolute Gasteiger partial charge is 0.281 e. The molecule has 0 saturated heterocycles. The summed E-state index contributed by atoms with van der Waals surface area (Å²) >= 11 is 0. The van der Waals surface area contributed by atoms with Crippen molar-refractivity contribution in [3.05, 3.63) is 17.9 Å². The van der Waals surface area contributed by atoms with Crippen LogP contribution in [0.2, 0.25) is 0 Å². The van der Waals surface area contributed by atoms with E-state index in [1.54, 1.807) is 12.3 Å². The quantitative estimate of drug-likeness (QED) is 0.599. The normalized spacial score (nSPS) is 11.9. The Bertz CT molecular complexity index is 217. The molecule has 56 valence electrons. The summed E-state index contributed by atoms with van der Waals surface area (Å²) in [6.07, 6.45) is 1.58. The SMILES string of the molecule is CC(C)(C)c1coc(O)c1. The third-order valence-corrected chi connectivity index (χ3v) is 1.45. The van der Waals surface area contributed by atoms with Gasteiger partial charge < -0.3 is 9.52 Å². The van der Waals surface area contributed by atoms with Crippen molar-refractivity contribution in [2.75, 3.05) is 0 Å². The molecule has 0 spiro atoms.